The fourth-order valence-electron chi connectivity index (χ4n) is 3.38. The number of fused-ring (bicyclic) bond motifs is 1. The topological polar surface area (TPSA) is 156 Å². The lowest BCUT2D eigenvalue weighted by atomic mass is 9.96. The van der Waals surface area contributed by atoms with E-state index in [1.165, 1.54) is 35.5 Å². The van der Waals surface area contributed by atoms with Gasteiger partial charge in [0.15, 0.2) is 16.4 Å². The van der Waals surface area contributed by atoms with Crippen molar-refractivity contribution in [2.24, 2.45) is 0 Å². The molecule has 0 aromatic carbocycles. The van der Waals surface area contributed by atoms with Gasteiger partial charge in [0.05, 0.1) is 18.6 Å². The van der Waals surface area contributed by atoms with E-state index in [0.29, 0.717) is 17.1 Å². The highest BCUT2D eigenvalue weighted by Gasteiger charge is 2.53. The van der Waals surface area contributed by atoms with Crippen LogP contribution < -0.4 is 5.73 Å². The van der Waals surface area contributed by atoms with Crippen LogP contribution in [0.5, 0.6) is 0 Å². The molecule has 164 valence electrons. The first-order valence-electron chi connectivity index (χ1n) is 9.12. The molecular weight excluding hydrogens is 432 g/mol. The van der Waals surface area contributed by atoms with Crippen LogP contribution in [0.25, 0.3) is 16.8 Å². The van der Waals surface area contributed by atoms with Gasteiger partial charge in [0.2, 0.25) is 0 Å². The Morgan fingerprint density at radius 2 is 2.20 bits per heavy atom. The second-order valence-corrected chi connectivity index (χ2v) is 8.08. The highest BCUT2D eigenvalue weighted by atomic mass is 32.2. The van der Waals surface area contributed by atoms with E-state index in [2.05, 4.69) is 9.97 Å². The number of rotatable bonds is 6. The summed E-state index contributed by atoms with van der Waals surface area (Å²) < 4.78 is 12.4. The minimum atomic E-state index is -1.75. The predicted octanol–water partition coefficient (Wildman–Crippen LogP) is 1.000. The van der Waals surface area contributed by atoms with Crippen LogP contribution in [0.1, 0.15) is 25.6 Å². The van der Waals surface area contributed by atoms with Crippen LogP contribution in [0, 0.1) is 0 Å². The summed E-state index contributed by atoms with van der Waals surface area (Å²) in [5.74, 6) is -0.126. The zero-order chi connectivity index (χ0) is 22.2. The zero-order valence-electron chi connectivity index (χ0n) is 16.6. The molecule has 0 bridgehead atoms. The molecule has 4 atom stereocenters. The van der Waals surface area contributed by atoms with Gasteiger partial charge in [0.25, 0.3) is 0 Å². The number of nitrogens with two attached hydrogens (primary N) is 1. The SMILES string of the molecule is CCOC(=S)/C=C(\O)c1cn(C2O[C@H](CO)[C@@H](O)C2(C)O)c2nc(SC)nc(N)c12. The monoisotopic (exact) mass is 456 g/mol. The van der Waals surface area contributed by atoms with Crippen molar-refractivity contribution >= 4 is 51.6 Å². The lowest BCUT2D eigenvalue weighted by Crippen LogP contribution is -2.44. The smallest absolute Gasteiger partial charge is 0.191 e. The molecule has 3 rings (SSSR count). The van der Waals surface area contributed by atoms with Gasteiger partial charge >= 0.3 is 0 Å². The zero-order valence-corrected chi connectivity index (χ0v) is 18.3. The number of hydrogen-bond donors (Lipinski definition) is 5. The third-order valence-corrected chi connectivity index (χ3v) is 5.65. The number of anilines is 1. The molecule has 1 aliphatic heterocycles. The molecule has 30 heavy (non-hydrogen) atoms. The van der Waals surface area contributed by atoms with E-state index in [0.717, 1.165) is 0 Å². The van der Waals surface area contributed by atoms with Crippen LogP contribution in [0.4, 0.5) is 5.82 Å². The lowest BCUT2D eigenvalue weighted by Gasteiger charge is -2.27. The normalized spacial score (nSPS) is 27.0. The van der Waals surface area contributed by atoms with Crippen LogP contribution in [0.2, 0.25) is 0 Å². The standard InChI is InChI=1S/C18H24N4O6S2/c1-4-27-11(29)5-9(24)8-6-22(15-12(8)14(19)20-17(21-15)30-3)16-18(2,26)13(25)10(7-23)28-16/h5-6,10,13,16,23-26H,4,7H2,1-3H3,(H2,19,20,21)/b9-5-/t10-,13-,16?,18?/m1/s1. The van der Waals surface area contributed by atoms with E-state index < -0.39 is 30.6 Å². The minimum Gasteiger partial charge on any atom is -0.507 e. The minimum absolute atomic E-state index is 0.0796. The third kappa shape index (κ3) is 3.86. The average Bonchev–Trinajstić information content (AvgIpc) is 3.17. The Balaban J connectivity index is 2.23. The molecule has 0 amide bonds. The van der Waals surface area contributed by atoms with Crippen molar-refractivity contribution in [3.05, 3.63) is 17.8 Å². The van der Waals surface area contributed by atoms with Crippen LogP contribution in [-0.4, -0.2) is 77.3 Å². The second kappa shape index (κ2) is 8.65. The molecule has 2 aromatic rings. The predicted molar refractivity (Wildman–Crippen MR) is 116 cm³/mol. The first-order valence-corrected chi connectivity index (χ1v) is 10.8. The number of aromatic nitrogens is 3. The maximum absolute atomic E-state index is 10.9. The van der Waals surface area contributed by atoms with Gasteiger partial charge in [-0.05, 0) is 32.3 Å². The Kier molecular flexibility index (Phi) is 6.55. The number of thiocarbonyl (C=S) groups is 1. The largest absolute Gasteiger partial charge is 0.507 e. The van der Waals surface area contributed by atoms with Gasteiger partial charge in [-0.25, -0.2) is 9.97 Å². The summed E-state index contributed by atoms with van der Waals surface area (Å²) in [5.41, 5.74) is 4.92. The quantitative estimate of drug-likeness (QED) is 0.139. The van der Waals surface area contributed by atoms with Gasteiger partial charge in [-0.15, -0.1) is 0 Å². The maximum atomic E-state index is 10.9. The molecular formula is C18H24N4O6S2. The van der Waals surface area contributed by atoms with E-state index in [1.807, 2.05) is 0 Å². The van der Waals surface area contributed by atoms with Crippen LogP contribution >= 0.6 is 24.0 Å². The molecule has 1 fully saturated rings. The van der Waals surface area contributed by atoms with Gasteiger partial charge < -0.3 is 40.2 Å². The Morgan fingerprint density at radius 3 is 2.77 bits per heavy atom. The van der Waals surface area contributed by atoms with Gasteiger partial charge in [0, 0.05) is 17.8 Å². The van der Waals surface area contributed by atoms with Crippen molar-refractivity contribution in [2.75, 3.05) is 25.2 Å². The number of nitrogens with zero attached hydrogens (tertiary/aromatic N) is 3. The maximum Gasteiger partial charge on any atom is 0.191 e. The van der Waals surface area contributed by atoms with Gasteiger partial charge in [0.1, 0.15) is 35.0 Å². The highest BCUT2D eigenvalue weighted by Crippen LogP contribution is 2.42. The van der Waals surface area contributed by atoms with E-state index in [9.17, 15) is 20.4 Å². The summed E-state index contributed by atoms with van der Waals surface area (Å²) in [4.78, 5) is 8.68. The Bertz CT molecular complexity index is 993. The lowest BCUT2D eigenvalue weighted by molar-refractivity contribution is -0.0948. The summed E-state index contributed by atoms with van der Waals surface area (Å²) in [6, 6.07) is 0. The molecule has 0 spiro atoms. The summed E-state index contributed by atoms with van der Waals surface area (Å²) in [6.07, 6.45) is 1.06. The van der Waals surface area contributed by atoms with Gasteiger partial charge in [-0.2, -0.15) is 0 Å². The molecule has 0 saturated carbocycles. The first-order chi connectivity index (χ1) is 14.1. The van der Waals surface area contributed by atoms with E-state index in [4.69, 9.17) is 27.4 Å². The molecule has 2 unspecified atom stereocenters. The number of ether oxygens (including phenoxy) is 2. The molecule has 1 aliphatic rings. The second-order valence-electron chi connectivity index (χ2n) is 6.91. The molecule has 0 radical (unpaired) electrons. The van der Waals surface area contributed by atoms with Crippen LogP contribution in [-0.2, 0) is 9.47 Å². The van der Waals surface area contributed by atoms with E-state index >= 15 is 0 Å². The highest BCUT2D eigenvalue weighted by molar-refractivity contribution is 7.98. The molecule has 12 heteroatoms. The number of hydrogen-bond acceptors (Lipinski definition) is 11. The average molecular weight is 457 g/mol. The number of thioether (sulfide) groups is 1. The van der Waals surface area contributed by atoms with E-state index in [-0.39, 0.29) is 27.8 Å². The summed E-state index contributed by atoms with van der Waals surface area (Å²) >= 11 is 6.33. The summed E-state index contributed by atoms with van der Waals surface area (Å²) in [5, 5.41) is 42.2. The first kappa shape index (κ1) is 22.7. The van der Waals surface area contributed by atoms with Gasteiger partial charge in [-0.1, -0.05) is 11.8 Å². The van der Waals surface area contributed by atoms with E-state index in [1.54, 1.807) is 13.2 Å². The van der Waals surface area contributed by atoms with Crippen molar-refractivity contribution in [3.8, 4) is 0 Å². The summed E-state index contributed by atoms with van der Waals surface area (Å²) in [6.45, 7) is 3.01. The molecule has 6 N–H and O–H groups in total. The molecule has 1 saturated heterocycles. The number of aliphatic hydroxyl groups is 4. The Morgan fingerprint density at radius 1 is 1.50 bits per heavy atom. The third-order valence-electron chi connectivity index (χ3n) is 4.87. The van der Waals surface area contributed by atoms with Crippen LogP contribution in [0.15, 0.2) is 17.4 Å². The van der Waals surface area contributed by atoms with Crippen molar-refractivity contribution in [1.82, 2.24) is 14.5 Å². The van der Waals surface area contributed by atoms with Crippen molar-refractivity contribution in [3.63, 3.8) is 0 Å². The molecule has 10 nitrogen and oxygen atoms in total. The fourth-order valence-corrected chi connectivity index (χ4v) is 3.98. The van der Waals surface area contributed by atoms with Crippen molar-refractivity contribution in [2.45, 2.75) is 43.0 Å². The summed E-state index contributed by atoms with van der Waals surface area (Å²) in [7, 11) is 0. The van der Waals surface area contributed by atoms with Crippen molar-refractivity contribution < 1.29 is 29.9 Å². The van der Waals surface area contributed by atoms with Crippen molar-refractivity contribution in [1.29, 1.82) is 0 Å². The Hall–Kier alpha value is -1.96. The molecule has 3 heterocycles. The fraction of sp³-hybridized carbons (Fsp3) is 0.500. The van der Waals surface area contributed by atoms with Gasteiger partial charge in [-0.3, -0.25) is 0 Å². The Labute approximate surface area is 182 Å². The molecule has 2 aromatic heterocycles. The molecule has 0 aliphatic carbocycles. The number of aliphatic hydroxyl groups excluding tert-OH is 3. The van der Waals surface area contributed by atoms with Crippen LogP contribution in [0.3, 0.4) is 0 Å². The number of nitrogen functional groups attached to an aromatic ring is 1.